The van der Waals surface area contributed by atoms with Crippen molar-refractivity contribution < 1.29 is 14.9 Å². The van der Waals surface area contributed by atoms with Gasteiger partial charge in [-0.05, 0) is 187 Å². The average Bonchev–Trinajstić information content (AvgIpc) is 3.39. The monoisotopic (exact) mass is 630 g/mol. The summed E-state index contributed by atoms with van der Waals surface area (Å²) in [4.78, 5) is 0. The van der Waals surface area contributed by atoms with Crippen molar-refractivity contribution in [3.63, 3.8) is 0 Å². The minimum Gasteiger partial charge on any atom is -0.393 e. The van der Waals surface area contributed by atoms with E-state index in [2.05, 4.69) is 38.2 Å². The molecule has 0 aromatic heterocycles. The van der Waals surface area contributed by atoms with Crippen LogP contribution in [0, 0.1) is 57.7 Å². The number of nitrogens with two attached hydrogens (primary N) is 1. The third-order valence-corrected chi connectivity index (χ3v) is 13.8. The summed E-state index contributed by atoms with van der Waals surface area (Å²) in [6.45, 7) is 10.4. The van der Waals surface area contributed by atoms with E-state index in [-0.39, 0.29) is 11.5 Å². The van der Waals surface area contributed by atoms with E-state index in [1.807, 2.05) is 0 Å². The topological polar surface area (TPSA) is 112 Å². The van der Waals surface area contributed by atoms with E-state index in [9.17, 15) is 10.2 Å². The van der Waals surface area contributed by atoms with Crippen LogP contribution < -0.4 is 11.1 Å². The first-order chi connectivity index (χ1) is 21.7. The molecule has 6 nitrogen and oxygen atoms in total. The Labute approximate surface area is 276 Å². The Kier molecular flexibility index (Phi) is 14.5. The van der Waals surface area contributed by atoms with Gasteiger partial charge in [0.1, 0.15) is 0 Å². The number of methoxy groups -OCH3 is 1. The Hall–Kier alpha value is -0.790. The fourth-order valence-corrected chi connectivity index (χ4v) is 11.2. The molecule has 7 unspecified atom stereocenters. The second-order valence-corrected chi connectivity index (χ2v) is 16.4. The first-order valence-electron chi connectivity index (χ1n) is 19.2. The molecule has 260 valence electrons. The lowest BCUT2D eigenvalue weighted by Crippen LogP contribution is -2.58. The number of nitrogens with one attached hydrogen (secondary N) is 2. The average molecular weight is 630 g/mol. The molecule has 6 heteroatoms. The number of allylic oxidation sites excluding steroid dienone is 2. The van der Waals surface area contributed by atoms with Crippen LogP contribution in [-0.2, 0) is 4.74 Å². The van der Waals surface area contributed by atoms with Gasteiger partial charge in [0.25, 0.3) is 0 Å². The van der Waals surface area contributed by atoms with Gasteiger partial charge in [-0.3, -0.25) is 0 Å². The van der Waals surface area contributed by atoms with Gasteiger partial charge in [0.2, 0.25) is 0 Å². The van der Waals surface area contributed by atoms with Crippen molar-refractivity contribution in [1.29, 1.82) is 5.41 Å². The predicted octanol–water partition coefficient (Wildman–Crippen LogP) is 7.86. The highest BCUT2D eigenvalue weighted by atomic mass is 16.6. The van der Waals surface area contributed by atoms with Crippen molar-refractivity contribution >= 4 is 5.71 Å². The number of aliphatic hydroxyl groups excluding tert-OH is 2. The number of hydrogen-bond acceptors (Lipinski definition) is 6. The molecule has 0 aromatic carbocycles. The molecule has 6 N–H and O–H groups in total. The van der Waals surface area contributed by atoms with Gasteiger partial charge in [0.15, 0.2) is 6.29 Å². The Morgan fingerprint density at radius 2 is 1.60 bits per heavy atom. The van der Waals surface area contributed by atoms with Gasteiger partial charge in [-0.15, -0.1) is 0 Å². The molecule has 0 aliphatic heterocycles. The van der Waals surface area contributed by atoms with Crippen molar-refractivity contribution in [1.82, 2.24) is 5.32 Å². The van der Waals surface area contributed by atoms with E-state index < -0.39 is 6.29 Å². The summed E-state index contributed by atoms with van der Waals surface area (Å²) in [5, 5.41) is 34.1. The Bertz CT molecular complexity index is 927. The molecule has 0 spiro atoms. The van der Waals surface area contributed by atoms with Gasteiger partial charge in [0.05, 0.1) is 6.10 Å². The van der Waals surface area contributed by atoms with E-state index >= 15 is 0 Å². The molecule has 0 heterocycles. The van der Waals surface area contributed by atoms with Crippen LogP contribution in [0.1, 0.15) is 136 Å². The molecule has 0 bridgehead atoms. The zero-order chi connectivity index (χ0) is 32.5. The second kappa shape index (κ2) is 17.6. The fraction of sp³-hybridized carbons (Fsp3) is 0.923. The molecule has 4 fully saturated rings. The van der Waals surface area contributed by atoms with Crippen molar-refractivity contribution in [3.05, 3.63) is 12.2 Å². The van der Waals surface area contributed by atoms with E-state index in [0.717, 1.165) is 95.0 Å². The minimum absolute atomic E-state index is 0.214. The number of hydrogen-bond donors (Lipinski definition) is 5. The largest absolute Gasteiger partial charge is 0.393 e. The van der Waals surface area contributed by atoms with Gasteiger partial charge in [-0.1, -0.05) is 32.9 Å². The summed E-state index contributed by atoms with van der Waals surface area (Å²) in [5.74, 6) is 4.12. The van der Waals surface area contributed by atoms with Gasteiger partial charge in [-0.2, -0.15) is 0 Å². The fourth-order valence-electron chi connectivity index (χ4n) is 11.2. The smallest absolute Gasteiger partial charge is 0.154 e. The SMILES string of the molecule is COC(O)CCC(C)C1CCC2C3C[C@@H](O)[C@H]4C[C@@H](C(=N)CCCC/C=C/CCCCNCCCN)CC[C@]4(C)C3CCC12C. The van der Waals surface area contributed by atoms with Crippen LogP contribution in [0.2, 0.25) is 0 Å². The number of rotatable bonds is 19. The molecule has 0 radical (unpaired) electrons. The first kappa shape index (κ1) is 37.0. The van der Waals surface area contributed by atoms with Crippen molar-refractivity contribution in [3.8, 4) is 0 Å². The van der Waals surface area contributed by atoms with Gasteiger partial charge in [0, 0.05) is 12.8 Å². The molecule has 4 saturated carbocycles. The number of fused-ring (bicyclic) bond motifs is 5. The normalized spacial score (nSPS) is 37.6. The summed E-state index contributed by atoms with van der Waals surface area (Å²) in [6.07, 6.45) is 24.2. The van der Waals surface area contributed by atoms with Crippen molar-refractivity contribution in [2.24, 2.45) is 58.0 Å². The quantitative estimate of drug-likeness (QED) is 0.0432. The van der Waals surface area contributed by atoms with Crippen LogP contribution in [0.5, 0.6) is 0 Å². The molecule has 4 aliphatic rings. The molecule has 0 amide bonds. The van der Waals surface area contributed by atoms with E-state index in [0.29, 0.717) is 35.0 Å². The van der Waals surface area contributed by atoms with Gasteiger partial charge >= 0.3 is 0 Å². The lowest BCUT2D eigenvalue weighted by Gasteiger charge is -2.62. The van der Waals surface area contributed by atoms with Crippen molar-refractivity contribution in [2.75, 3.05) is 26.7 Å². The maximum absolute atomic E-state index is 11.7. The summed E-state index contributed by atoms with van der Waals surface area (Å²) < 4.78 is 5.13. The third-order valence-electron chi connectivity index (χ3n) is 13.8. The van der Waals surface area contributed by atoms with Crippen LogP contribution in [0.4, 0.5) is 0 Å². The van der Waals surface area contributed by atoms with Crippen LogP contribution >= 0.6 is 0 Å². The highest BCUT2D eigenvalue weighted by Crippen LogP contribution is 2.68. The van der Waals surface area contributed by atoms with E-state index in [1.54, 1.807) is 7.11 Å². The lowest BCUT2D eigenvalue weighted by atomic mass is 9.43. The summed E-state index contributed by atoms with van der Waals surface area (Å²) in [7, 11) is 1.59. The highest BCUT2D eigenvalue weighted by molar-refractivity contribution is 5.83. The maximum Gasteiger partial charge on any atom is 0.154 e. The number of aliphatic hydroxyl groups is 2. The molecule has 4 rings (SSSR count). The van der Waals surface area contributed by atoms with Crippen LogP contribution in [-0.4, -0.2) is 55.1 Å². The minimum atomic E-state index is -0.641. The van der Waals surface area contributed by atoms with Crippen LogP contribution in [0.3, 0.4) is 0 Å². The number of ether oxygens (including phenoxy) is 1. The first-order valence-corrected chi connectivity index (χ1v) is 19.2. The van der Waals surface area contributed by atoms with E-state index in [4.69, 9.17) is 15.9 Å². The zero-order valence-corrected chi connectivity index (χ0v) is 29.6. The molecule has 11 atom stereocenters. The molecule has 0 saturated heterocycles. The van der Waals surface area contributed by atoms with Gasteiger partial charge < -0.3 is 31.4 Å². The number of unbranched alkanes of at least 4 members (excludes halogenated alkanes) is 4. The maximum atomic E-state index is 11.7. The van der Waals surface area contributed by atoms with Crippen LogP contribution in [0.25, 0.3) is 0 Å². The third kappa shape index (κ3) is 9.02. The standard InChI is InChI=1S/C39H71N3O3/c1-28(15-18-37(44)45-4)31-16-17-32-30-27-36(43)34-26-29(19-21-39(34,3)33(30)20-22-38(31,32)2)35(41)14-11-9-7-5-6-8-10-12-24-42-25-13-23-40/h5-6,28-34,36-37,41-44H,7-27,40H2,1-4H3/b6-5+,41-35?/t28?,29-,30?,31?,32?,33?,34+,36+,37?,38?,39+/m0/s1. The molecule has 45 heavy (non-hydrogen) atoms. The summed E-state index contributed by atoms with van der Waals surface area (Å²) in [6, 6.07) is 0. The Morgan fingerprint density at radius 1 is 0.911 bits per heavy atom. The molecular formula is C39H71N3O3. The predicted molar refractivity (Wildman–Crippen MR) is 187 cm³/mol. The van der Waals surface area contributed by atoms with E-state index in [1.165, 1.54) is 57.8 Å². The van der Waals surface area contributed by atoms with Crippen LogP contribution in [0.15, 0.2) is 12.2 Å². The summed E-state index contributed by atoms with van der Waals surface area (Å²) >= 11 is 0. The lowest BCUT2D eigenvalue weighted by molar-refractivity contribution is -0.163. The zero-order valence-electron chi connectivity index (χ0n) is 29.6. The highest BCUT2D eigenvalue weighted by Gasteiger charge is 2.62. The molecule has 4 aliphatic carbocycles. The molecule has 0 aromatic rings. The Balaban J connectivity index is 1.20. The molecular weight excluding hydrogens is 558 g/mol. The second-order valence-electron chi connectivity index (χ2n) is 16.4. The Morgan fingerprint density at radius 3 is 2.33 bits per heavy atom. The summed E-state index contributed by atoms with van der Waals surface area (Å²) in [5.41, 5.74) is 7.07. The van der Waals surface area contributed by atoms with Gasteiger partial charge in [-0.25, -0.2) is 0 Å². The van der Waals surface area contributed by atoms with Crippen molar-refractivity contribution in [2.45, 2.75) is 149 Å².